The van der Waals surface area contributed by atoms with Crippen LogP contribution < -0.4 is 18.9 Å². The van der Waals surface area contributed by atoms with Crippen molar-refractivity contribution in [3.63, 3.8) is 0 Å². The Kier molecular flexibility index (Phi) is 6.52. The van der Waals surface area contributed by atoms with Gasteiger partial charge in [-0.1, -0.05) is 12.1 Å². The summed E-state index contributed by atoms with van der Waals surface area (Å²) in [5.41, 5.74) is -1.33. The minimum absolute atomic E-state index is 0.140. The fourth-order valence-corrected chi connectivity index (χ4v) is 4.33. The zero-order chi connectivity index (χ0) is 23.5. The first-order valence-electron chi connectivity index (χ1n) is 10.0. The number of benzene rings is 2. The third kappa shape index (κ3) is 3.70. The summed E-state index contributed by atoms with van der Waals surface area (Å²) in [4.78, 5) is 25.9. The summed E-state index contributed by atoms with van der Waals surface area (Å²) in [5.74, 6) is 0.802. The first-order valence-corrected chi connectivity index (χ1v) is 10.0. The molecule has 2 aromatic carbocycles. The summed E-state index contributed by atoms with van der Waals surface area (Å²) >= 11 is 0. The maximum Gasteiger partial charge on any atom is 0.317 e. The van der Waals surface area contributed by atoms with E-state index < -0.39 is 23.0 Å². The number of esters is 2. The molecule has 1 aliphatic heterocycles. The molecular formula is C24H28O8. The van der Waals surface area contributed by atoms with Gasteiger partial charge in [0.2, 0.25) is 5.75 Å². The lowest BCUT2D eigenvalue weighted by Gasteiger charge is -2.39. The zero-order valence-corrected chi connectivity index (χ0v) is 19.1. The van der Waals surface area contributed by atoms with Crippen LogP contribution in [0, 0.1) is 5.41 Å². The number of cyclic esters (lactones) is 1. The van der Waals surface area contributed by atoms with Crippen molar-refractivity contribution in [2.45, 2.75) is 25.4 Å². The van der Waals surface area contributed by atoms with E-state index in [0.717, 1.165) is 5.56 Å². The van der Waals surface area contributed by atoms with E-state index in [1.165, 1.54) is 28.4 Å². The Morgan fingerprint density at radius 3 is 2.00 bits per heavy atom. The van der Waals surface area contributed by atoms with Crippen molar-refractivity contribution < 1.29 is 38.0 Å². The van der Waals surface area contributed by atoms with Gasteiger partial charge in [-0.05, 0) is 43.2 Å². The van der Waals surface area contributed by atoms with E-state index in [1.807, 2.05) is 12.1 Å². The summed E-state index contributed by atoms with van der Waals surface area (Å²) < 4.78 is 32.6. The van der Waals surface area contributed by atoms with Crippen LogP contribution in [-0.2, 0) is 31.1 Å². The van der Waals surface area contributed by atoms with E-state index in [4.69, 9.17) is 28.4 Å². The van der Waals surface area contributed by atoms with Gasteiger partial charge in [0.1, 0.15) is 11.2 Å². The Labute approximate surface area is 187 Å². The number of hydrogen-bond donors (Lipinski definition) is 0. The lowest BCUT2D eigenvalue weighted by atomic mass is 9.65. The molecule has 1 fully saturated rings. The third-order valence-corrected chi connectivity index (χ3v) is 6.13. The molecule has 1 saturated heterocycles. The molecule has 0 saturated carbocycles. The number of ether oxygens (including phenoxy) is 6. The molecule has 0 N–H and O–H groups in total. The number of carbonyl (C=O) groups is 2. The minimum atomic E-state index is -1.36. The Morgan fingerprint density at radius 1 is 0.938 bits per heavy atom. The van der Waals surface area contributed by atoms with Crippen molar-refractivity contribution in [2.24, 2.45) is 5.41 Å². The molecule has 172 valence electrons. The van der Waals surface area contributed by atoms with Crippen LogP contribution in [0.4, 0.5) is 0 Å². The molecule has 0 aliphatic carbocycles. The van der Waals surface area contributed by atoms with E-state index in [2.05, 4.69) is 0 Å². The molecule has 1 heterocycles. The predicted molar refractivity (Wildman–Crippen MR) is 115 cm³/mol. The maximum atomic E-state index is 13.3. The van der Waals surface area contributed by atoms with E-state index in [1.54, 1.807) is 38.3 Å². The first-order chi connectivity index (χ1) is 15.3. The van der Waals surface area contributed by atoms with Crippen molar-refractivity contribution in [2.75, 3.05) is 35.5 Å². The fraction of sp³-hybridized carbons (Fsp3) is 0.417. The van der Waals surface area contributed by atoms with Gasteiger partial charge in [0.15, 0.2) is 17.1 Å². The van der Waals surface area contributed by atoms with Gasteiger partial charge < -0.3 is 28.4 Å². The molecule has 32 heavy (non-hydrogen) atoms. The molecule has 0 radical (unpaired) electrons. The minimum Gasteiger partial charge on any atom is -0.497 e. The van der Waals surface area contributed by atoms with Crippen molar-refractivity contribution in [3.05, 3.63) is 47.5 Å². The fourth-order valence-electron chi connectivity index (χ4n) is 4.33. The number of carbonyl (C=O) groups excluding carboxylic acids is 2. The second kappa shape index (κ2) is 8.98. The average Bonchev–Trinajstić information content (AvgIpc) is 3.08. The van der Waals surface area contributed by atoms with Crippen LogP contribution in [0.1, 0.15) is 24.5 Å². The van der Waals surface area contributed by atoms with Crippen LogP contribution in [0.15, 0.2) is 36.4 Å². The molecule has 8 nitrogen and oxygen atoms in total. The molecule has 0 spiro atoms. The monoisotopic (exact) mass is 444 g/mol. The number of methoxy groups -OCH3 is 5. The van der Waals surface area contributed by atoms with Crippen LogP contribution in [-0.4, -0.2) is 47.5 Å². The SMILES string of the molecule is COC(=O)C1(Cc2ccc(OC)cc2)CC(=O)OC1(C)c1cc(OC)c(OC)c(OC)c1. The molecule has 0 amide bonds. The molecule has 0 aromatic heterocycles. The second-order valence-electron chi connectivity index (χ2n) is 7.70. The van der Waals surface area contributed by atoms with Crippen LogP contribution in [0.3, 0.4) is 0 Å². The van der Waals surface area contributed by atoms with E-state index in [-0.39, 0.29) is 12.8 Å². The number of rotatable bonds is 8. The highest BCUT2D eigenvalue weighted by molar-refractivity contribution is 5.89. The molecule has 8 heteroatoms. The van der Waals surface area contributed by atoms with Crippen molar-refractivity contribution >= 4 is 11.9 Å². The average molecular weight is 444 g/mol. The van der Waals surface area contributed by atoms with E-state index in [9.17, 15) is 9.59 Å². The highest BCUT2D eigenvalue weighted by atomic mass is 16.6. The highest BCUT2D eigenvalue weighted by Crippen LogP contribution is 2.55. The summed E-state index contributed by atoms with van der Waals surface area (Å²) in [7, 11) is 7.37. The second-order valence-corrected chi connectivity index (χ2v) is 7.70. The summed E-state index contributed by atoms with van der Waals surface area (Å²) in [5, 5.41) is 0. The van der Waals surface area contributed by atoms with Crippen molar-refractivity contribution in [3.8, 4) is 23.0 Å². The van der Waals surface area contributed by atoms with Crippen LogP contribution in [0.2, 0.25) is 0 Å². The summed E-state index contributed by atoms with van der Waals surface area (Å²) in [6.07, 6.45) is 0.0709. The van der Waals surface area contributed by atoms with Crippen molar-refractivity contribution in [1.82, 2.24) is 0 Å². The number of hydrogen-bond acceptors (Lipinski definition) is 8. The van der Waals surface area contributed by atoms with Gasteiger partial charge in [-0.15, -0.1) is 0 Å². The largest absolute Gasteiger partial charge is 0.497 e. The molecule has 0 bridgehead atoms. The lowest BCUT2D eigenvalue weighted by molar-refractivity contribution is -0.167. The summed E-state index contributed by atoms with van der Waals surface area (Å²) in [6.45, 7) is 1.71. The first kappa shape index (κ1) is 23.2. The topological polar surface area (TPSA) is 89.5 Å². The molecule has 2 atom stereocenters. The molecular weight excluding hydrogens is 416 g/mol. The van der Waals surface area contributed by atoms with Gasteiger partial charge in [0.25, 0.3) is 0 Å². The molecule has 2 unspecified atom stereocenters. The van der Waals surface area contributed by atoms with Crippen molar-refractivity contribution in [1.29, 1.82) is 0 Å². The summed E-state index contributed by atoms with van der Waals surface area (Å²) in [6, 6.07) is 10.7. The molecule has 1 aliphatic rings. The van der Waals surface area contributed by atoms with Crippen LogP contribution in [0.5, 0.6) is 23.0 Å². The van der Waals surface area contributed by atoms with Crippen LogP contribution in [0.25, 0.3) is 0 Å². The Morgan fingerprint density at radius 2 is 1.53 bits per heavy atom. The van der Waals surface area contributed by atoms with Gasteiger partial charge >= 0.3 is 11.9 Å². The third-order valence-electron chi connectivity index (χ3n) is 6.13. The van der Waals surface area contributed by atoms with Gasteiger partial charge in [-0.2, -0.15) is 0 Å². The standard InChI is InChI=1S/C24H28O8/c1-23(16-11-18(28-3)21(30-5)19(12-16)29-4)24(22(26)31-6,14-20(25)32-23)13-15-7-9-17(27-2)10-8-15/h7-12H,13-14H2,1-6H3. The lowest BCUT2D eigenvalue weighted by Crippen LogP contribution is -2.48. The van der Waals surface area contributed by atoms with Gasteiger partial charge in [-0.25, -0.2) is 0 Å². The van der Waals surface area contributed by atoms with Gasteiger partial charge in [-0.3, -0.25) is 9.59 Å². The Hall–Kier alpha value is -3.42. The normalized spacial score (nSPS) is 22.1. The smallest absolute Gasteiger partial charge is 0.317 e. The highest BCUT2D eigenvalue weighted by Gasteiger charge is 2.64. The van der Waals surface area contributed by atoms with Crippen LogP contribution >= 0.6 is 0 Å². The van der Waals surface area contributed by atoms with E-state index in [0.29, 0.717) is 28.6 Å². The molecule has 3 rings (SSSR count). The zero-order valence-electron chi connectivity index (χ0n) is 19.1. The Balaban J connectivity index is 2.20. The molecule has 2 aromatic rings. The maximum absolute atomic E-state index is 13.3. The predicted octanol–water partition coefficient (Wildman–Crippen LogP) is 3.29. The Bertz CT molecular complexity index is 975. The van der Waals surface area contributed by atoms with Gasteiger partial charge in [0.05, 0.1) is 42.0 Å². The quantitative estimate of drug-likeness (QED) is 0.573. The van der Waals surface area contributed by atoms with E-state index >= 15 is 0 Å². The van der Waals surface area contributed by atoms with Gasteiger partial charge in [0, 0.05) is 5.56 Å².